The highest BCUT2D eigenvalue weighted by molar-refractivity contribution is 5.79. The molecule has 2 bridgehead atoms. The molecule has 1 heterocycles. The molecule has 3 fully saturated rings. The Morgan fingerprint density at radius 1 is 1.00 bits per heavy atom. The van der Waals surface area contributed by atoms with Gasteiger partial charge in [-0.25, -0.2) is 0 Å². The summed E-state index contributed by atoms with van der Waals surface area (Å²) >= 11 is 0. The highest BCUT2D eigenvalue weighted by Crippen LogP contribution is 2.49. The van der Waals surface area contributed by atoms with Crippen LogP contribution in [0, 0.1) is 17.8 Å². The van der Waals surface area contributed by atoms with Crippen LogP contribution in [0.3, 0.4) is 0 Å². The van der Waals surface area contributed by atoms with E-state index in [1.165, 1.54) is 25.7 Å². The Labute approximate surface area is 164 Å². The first-order valence-corrected chi connectivity index (χ1v) is 11.0. The number of nitrogens with zero attached hydrogens (tertiary/aromatic N) is 3. The zero-order chi connectivity index (χ0) is 19.4. The molecule has 2 amide bonds. The van der Waals surface area contributed by atoms with Crippen molar-refractivity contribution in [1.29, 1.82) is 0 Å². The summed E-state index contributed by atoms with van der Waals surface area (Å²) in [6.07, 6.45) is 5.47. The summed E-state index contributed by atoms with van der Waals surface area (Å²) in [7, 11) is 0. The molecule has 1 N–H and O–H groups in total. The first kappa shape index (κ1) is 20.6. The molecule has 4 unspecified atom stereocenters. The van der Waals surface area contributed by atoms with E-state index in [4.69, 9.17) is 0 Å². The number of hydrogen-bond acceptors (Lipinski definition) is 4. The van der Waals surface area contributed by atoms with E-state index in [2.05, 4.69) is 22.0 Å². The smallest absolute Gasteiger partial charge is 0.236 e. The summed E-state index contributed by atoms with van der Waals surface area (Å²) in [6, 6.07) is 0.306. The number of rotatable bonds is 8. The zero-order valence-electron chi connectivity index (χ0n) is 17.5. The van der Waals surface area contributed by atoms with Gasteiger partial charge in [-0.1, -0.05) is 6.42 Å². The molecule has 3 rings (SSSR count). The molecule has 0 aromatic rings. The maximum absolute atomic E-state index is 12.5. The van der Waals surface area contributed by atoms with Crippen molar-refractivity contribution in [1.82, 2.24) is 20.0 Å². The van der Waals surface area contributed by atoms with E-state index in [0.717, 1.165) is 51.1 Å². The van der Waals surface area contributed by atoms with Gasteiger partial charge >= 0.3 is 0 Å². The van der Waals surface area contributed by atoms with Crippen LogP contribution in [0.25, 0.3) is 0 Å². The lowest BCUT2D eigenvalue weighted by atomic mass is 9.84. The number of piperazine rings is 1. The van der Waals surface area contributed by atoms with E-state index in [9.17, 15) is 9.59 Å². The minimum absolute atomic E-state index is 0.165. The molecular formula is C21H38N4O2. The number of nitrogens with one attached hydrogen (secondary N) is 1. The highest BCUT2D eigenvalue weighted by atomic mass is 16.2. The molecule has 3 aliphatic rings. The maximum Gasteiger partial charge on any atom is 0.236 e. The van der Waals surface area contributed by atoms with Gasteiger partial charge in [0.1, 0.15) is 0 Å². The average Bonchev–Trinajstić information content (AvgIpc) is 3.28. The van der Waals surface area contributed by atoms with E-state index in [1.807, 2.05) is 18.7 Å². The minimum Gasteiger partial charge on any atom is -0.352 e. The van der Waals surface area contributed by atoms with Crippen molar-refractivity contribution >= 4 is 11.8 Å². The maximum atomic E-state index is 12.5. The second kappa shape index (κ2) is 9.37. The molecule has 2 saturated carbocycles. The van der Waals surface area contributed by atoms with Gasteiger partial charge in [-0.15, -0.1) is 0 Å². The van der Waals surface area contributed by atoms with Crippen molar-refractivity contribution in [3.05, 3.63) is 0 Å². The fourth-order valence-electron chi connectivity index (χ4n) is 5.49. The molecule has 1 aliphatic heterocycles. The van der Waals surface area contributed by atoms with Gasteiger partial charge in [0, 0.05) is 45.3 Å². The first-order chi connectivity index (χ1) is 13.0. The summed E-state index contributed by atoms with van der Waals surface area (Å²) in [5.41, 5.74) is 0. The Bertz CT molecular complexity index is 514. The molecule has 4 atom stereocenters. The van der Waals surface area contributed by atoms with Crippen LogP contribution in [0.5, 0.6) is 0 Å². The van der Waals surface area contributed by atoms with Crippen LogP contribution in [0.1, 0.15) is 46.5 Å². The SMILES string of the molecule is CCN(CC)C(=O)CN1CCN(CC(=O)NC(C)C2CC3CCC2C3)CC1. The second-order valence-corrected chi connectivity index (χ2v) is 8.81. The van der Waals surface area contributed by atoms with Gasteiger partial charge in [-0.05, 0) is 57.8 Å². The van der Waals surface area contributed by atoms with E-state index in [-0.39, 0.29) is 11.8 Å². The Morgan fingerprint density at radius 3 is 2.15 bits per heavy atom. The van der Waals surface area contributed by atoms with E-state index >= 15 is 0 Å². The van der Waals surface area contributed by atoms with Gasteiger partial charge in [-0.3, -0.25) is 19.4 Å². The lowest BCUT2D eigenvalue weighted by Gasteiger charge is -2.35. The van der Waals surface area contributed by atoms with E-state index in [0.29, 0.717) is 25.0 Å². The molecule has 6 nitrogen and oxygen atoms in total. The molecule has 6 heteroatoms. The average molecular weight is 379 g/mol. The number of hydrogen-bond donors (Lipinski definition) is 1. The van der Waals surface area contributed by atoms with Crippen molar-refractivity contribution in [2.75, 3.05) is 52.4 Å². The van der Waals surface area contributed by atoms with Gasteiger partial charge in [0.2, 0.25) is 11.8 Å². The minimum atomic E-state index is 0.165. The third-order valence-electron chi connectivity index (χ3n) is 7.13. The van der Waals surface area contributed by atoms with Gasteiger partial charge in [-0.2, -0.15) is 0 Å². The fourth-order valence-corrected chi connectivity index (χ4v) is 5.49. The highest BCUT2D eigenvalue weighted by Gasteiger charge is 2.42. The monoisotopic (exact) mass is 378 g/mol. The summed E-state index contributed by atoms with van der Waals surface area (Å²) in [6.45, 7) is 12.2. The second-order valence-electron chi connectivity index (χ2n) is 8.81. The summed E-state index contributed by atoms with van der Waals surface area (Å²) in [5.74, 6) is 2.84. The number of carbonyl (C=O) groups is 2. The Kier molecular flexibility index (Phi) is 7.15. The largest absolute Gasteiger partial charge is 0.352 e. The predicted molar refractivity (Wildman–Crippen MR) is 107 cm³/mol. The van der Waals surface area contributed by atoms with Crippen molar-refractivity contribution in [3.63, 3.8) is 0 Å². The van der Waals surface area contributed by atoms with E-state index < -0.39 is 0 Å². The number of carbonyl (C=O) groups excluding carboxylic acids is 2. The molecule has 0 aromatic heterocycles. The van der Waals surface area contributed by atoms with Gasteiger partial charge in [0.15, 0.2) is 0 Å². The molecular weight excluding hydrogens is 340 g/mol. The quantitative estimate of drug-likeness (QED) is 0.694. The van der Waals surface area contributed by atoms with Crippen LogP contribution in [-0.4, -0.2) is 84.9 Å². The first-order valence-electron chi connectivity index (χ1n) is 11.0. The van der Waals surface area contributed by atoms with Crippen LogP contribution in [0.4, 0.5) is 0 Å². The Balaban J connectivity index is 1.35. The van der Waals surface area contributed by atoms with Crippen molar-refractivity contribution in [2.45, 2.75) is 52.5 Å². The lowest BCUT2D eigenvalue weighted by Crippen LogP contribution is -2.53. The third kappa shape index (κ3) is 5.23. The fraction of sp³-hybridized carbons (Fsp3) is 0.905. The van der Waals surface area contributed by atoms with Crippen molar-refractivity contribution in [3.8, 4) is 0 Å². The van der Waals surface area contributed by atoms with Crippen molar-refractivity contribution < 1.29 is 9.59 Å². The zero-order valence-corrected chi connectivity index (χ0v) is 17.5. The van der Waals surface area contributed by atoms with Crippen LogP contribution in [0.2, 0.25) is 0 Å². The number of fused-ring (bicyclic) bond motifs is 2. The predicted octanol–water partition coefficient (Wildman–Crippen LogP) is 1.41. The van der Waals surface area contributed by atoms with Crippen LogP contribution >= 0.6 is 0 Å². The molecule has 154 valence electrons. The van der Waals surface area contributed by atoms with Crippen molar-refractivity contribution in [2.24, 2.45) is 17.8 Å². The molecule has 0 aromatic carbocycles. The molecule has 1 saturated heterocycles. The standard InChI is InChI=1S/C21H38N4O2/c1-4-25(5-2)21(27)15-24-10-8-23(9-11-24)14-20(26)22-16(3)19-13-17-6-7-18(19)12-17/h16-19H,4-15H2,1-3H3,(H,22,26). The van der Waals surface area contributed by atoms with E-state index in [1.54, 1.807) is 0 Å². The van der Waals surface area contributed by atoms with Crippen LogP contribution in [0.15, 0.2) is 0 Å². The van der Waals surface area contributed by atoms with Crippen LogP contribution < -0.4 is 5.32 Å². The normalized spacial score (nSPS) is 29.7. The molecule has 27 heavy (non-hydrogen) atoms. The van der Waals surface area contributed by atoms with Crippen LogP contribution in [-0.2, 0) is 9.59 Å². The number of likely N-dealkylation sites (N-methyl/N-ethyl adjacent to an activating group) is 1. The Hall–Kier alpha value is -1.14. The van der Waals surface area contributed by atoms with Gasteiger partial charge in [0.25, 0.3) is 0 Å². The Morgan fingerprint density at radius 2 is 1.63 bits per heavy atom. The number of amides is 2. The third-order valence-corrected chi connectivity index (χ3v) is 7.13. The topological polar surface area (TPSA) is 55.9 Å². The van der Waals surface area contributed by atoms with Gasteiger partial charge in [0.05, 0.1) is 13.1 Å². The molecule has 2 aliphatic carbocycles. The summed E-state index contributed by atoms with van der Waals surface area (Å²) in [5, 5.41) is 3.27. The molecule has 0 radical (unpaired) electrons. The summed E-state index contributed by atoms with van der Waals surface area (Å²) in [4.78, 5) is 31.0. The summed E-state index contributed by atoms with van der Waals surface area (Å²) < 4.78 is 0. The lowest BCUT2D eigenvalue weighted by molar-refractivity contribution is -0.133. The molecule has 0 spiro atoms. The van der Waals surface area contributed by atoms with Gasteiger partial charge < -0.3 is 10.2 Å².